The lowest BCUT2D eigenvalue weighted by molar-refractivity contribution is 0.102. The van der Waals surface area contributed by atoms with E-state index in [9.17, 15) is 4.79 Å². The number of nitrogens with one attached hydrogen (secondary N) is 1. The van der Waals surface area contributed by atoms with Crippen molar-refractivity contribution in [3.63, 3.8) is 0 Å². The summed E-state index contributed by atoms with van der Waals surface area (Å²) in [5, 5.41) is 11.2. The molecular formula is C14H11N3O2. The van der Waals surface area contributed by atoms with Crippen LogP contribution in [0.15, 0.2) is 42.9 Å². The molecule has 1 aromatic carbocycles. The number of amides is 1. The molecule has 94 valence electrons. The second kappa shape index (κ2) is 6.28. The summed E-state index contributed by atoms with van der Waals surface area (Å²) in [4.78, 5) is 19.7. The molecule has 0 aliphatic carbocycles. The predicted octanol–water partition coefficient (Wildman–Crippen LogP) is 1.07. The number of nitrogens with zero attached hydrogens (tertiary/aromatic N) is 2. The highest BCUT2D eigenvalue weighted by Crippen LogP contribution is 2.06. The second-order valence-electron chi connectivity index (χ2n) is 3.58. The van der Waals surface area contributed by atoms with Crippen LogP contribution in [0.3, 0.4) is 0 Å². The van der Waals surface area contributed by atoms with Gasteiger partial charge in [0.25, 0.3) is 5.91 Å². The molecule has 0 bridgehead atoms. The minimum Gasteiger partial charge on any atom is -0.384 e. The first-order chi connectivity index (χ1) is 9.29. The Morgan fingerprint density at radius 3 is 2.68 bits per heavy atom. The van der Waals surface area contributed by atoms with Crippen molar-refractivity contribution in [2.24, 2.45) is 0 Å². The van der Waals surface area contributed by atoms with Gasteiger partial charge < -0.3 is 10.4 Å². The van der Waals surface area contributed by atoms with E-state index >= 15 is 0 Å². The number of carbonyl (C=O) groups is 1. The van der Waals surface area contributed by atoms with E-state index in [0.717, 1.165) is 5.56 Å². The van der Waals surface area contributed by atoms with E-state index in [1.165, 1.54) is 18.6 Å². The van der Waals surface area contributed by atoms with E-state index in [4.69, 9.17) is 5.11 Å². The zero-order valence-electron chi connectivity index (χ0n) is 10.00. The summed E-state index contributed by atoms with van der Waals surface area (Å²) in [6.45, 7) is -0.186. The third-order valence-electron chi connectivity index (χ3n) is 2.26. The molecule has 0 radical (unpaired) electrons. The van der Waals surface area contributed by atoms with Crippen LogP contribution in [0, 0.1) is 11.8 Å². The molecule has 2 N–H and O–H groups in total. The molecule has 1 heterocycles. The molecule has 5 nitrogen and oxygen atoms in total. The van der Waals surface area contributed by atoms with E-state index in [1.54, 1.807) is 24.3 Å². The fourth-order valence-corrected chi connectivity index (χ4v) is 1.40. The van der Waals surface area contributed by atoms with Gasteiger partial charge >= 0.3 is 0 Å². The Bertz CT molecular complexity index is 613. The molecule has 2 aromatic rings. The lowest BCUT2D eigenvalue weighted by atomic mass is 10.1. The molecule has 5 heteroatoms. The Kier molecular flexibility index (Phi) is 4.21. The summed E-state index contributed by atoms with van der Waals surface area (Å²) in [5.74, 6) is 5.43. The fourth-order valence-electron chi connectivity index (χ4n) is 1.40. The van der Waals surface area contributed by atoms with E-state index < -0.39 is 0 Å². The second-order valence-corrected chi connectivity index (χ2v) is 3.58. The van der Waals surface area contributed by atoms with Crippen LogP contribution in [0.25, 0.3) is 0 Å². The number of aromatic nitrogens is 2. The molecule has 0 aliphatic heterocycles. The van der Waals surface area contributed by atoms with Crippen molar-refractivity contribution in [3.05, 3.63) is 54.0 Å². The number of hydrogen-bond acceptors (Lipinski definition) is 4. The molecule has 0 unspecified atom stereocenters. The Morgan fingerprint density at radius 2 is 2.05 bits per heavy atom. The van der Waals surface area contributed by atoms with Crippen LogP contribution in [0.4, 0.5) is 5.82 Å². The van der Waals surface area contributed by atoms with Gasteiger partial charge in [-0.2, -0.15) is 0 Å². The van der Waals surface area contributed by atoms with Gasteiger partial charge in [-0.15, -0.1) is 0 Å². The average Bonchev–Trinajstić information content (AvgIpc) is 2.46. The van der Waals surface area contributed by atoms with Crippen molar-refractivity contribution in [1.82, 2.24) is 9.97 Å². The van der Waals surface area contributed by atoms with Gasteiger partial charge in [-0.05, 0) is 24.3 Å². The topological polar surface area (TPSA) is 75.1 Å². The lowest BCUT2D eigenvalue weighted by Gasteiger charge is -2.03. The van der Waals surface area contributed by atoms with Gasteiger partial charge in [0.05, 0.1) is 6.20 Å². The number of aliphatic hydroxyl groups is 1. The molecule has 0 spiro atoms. The van der Waals surface area contributed by atoms with E-state index in [2.05, 4.69) is 27.1 Å². The van der Waals surface area contributed by atoms with Crippen molar-refractivity contribution in [1.29, 1.82) is 0 Å². The van der Waals surface area contributed by atoms with Crippen LogP contribution in [0.2, 0.25) is 0 Å². The quantitative estimate of drug-likeness (QED) is 0.785. The minimum atomic E-state index is -0.262. The van der Waals surface area contributed by atoms with Gasteiger partial charge in [-0.1, -0.05) is 11.8 Å². The third kappa shape index (κ3) is 3.63. The maximum absolute atomic E-state index is 11.9. The molecule has 19 heavy (non-hydrogen) atoms. The summed E-state index contributed by atoms with van der Waals surface area (Å²) in [7, 11) is 0. The summed E-state index contributed by atoms with van der Waals surface area (Å²) in [6, 6.07) is 6.75. The smallest absolute Gasteiger partial charge is 0.256 e. The van der Waals surface area contributed by atoms with Gasteiger partial charge in [0.15, 0.2) is 5.82 Å². The highest BCUT2D eigenvalue weighted by molar-refractivity contribution is 6.03. The third-order valence-corrected chi connectivity index (χ3v) is 2.26. The number of rotatable bonds is 2. The normalized spacial score (nSPS) is 9.32. The molecule has 0 fully saturated rings. The van der Waals surface area contributed by atoms with Gasteiger partial charge in [0.1, 0.15) is 6.61 Å². The first kappa shape index (κ1) is 12.7. The van der Waals surface area contributed by atoms with Gasteiger partial charge in [-0.3, -0.25) is 9.78 Å². The SMILES string of the molecule is O=C(Nc1cnccn1)c1ccc(C#CCO)cc1. The zero-order chi connectivity index (χ0) is 13.5. The van der Waals surface area contributed by atoms with Crippen LogP contribution in [-0.2, 0) is 0 Å². The number of aliphatic hydroxyl groups excluding tert-OH is 1. The Morgan fingerprint density at radius 1 is 1.26 bits per heavy atom. The Balaban J connectivity index is 2.08. The summed E-state index contributed by atoms with van der Waals surface area (Å²) < 4.78 is 0. The summed E-state index contributed by atoms with van der Waals surface area (Å²) in [6.07, 6.45) is 4.51. The minimum absolute atomic E-state index is 0.186. The summed E-state index contributed by atoms with van der Waals surface area (Å²) in [5.41, 5.74) is 1.24. The number of benzene rings is 1. The predicted molar refractivity (Wildman–Crippen MR) is 70.4 cm³/mol. The highest BCUT2D eigenvalue weighted by atomic mass is 16.2. The number of carbonyl (C=O) groups excluding carboxylic acids is 1. The molecule has 1 amide bonds. The first-order valence-corrected chi connectivity index (χ1v) is 5.57. The average molecular weight is 253 g/mol. The van der Waals surface area contributed by atoms with Crippen molar-refractivity contribution in [3.8, 4) is 11.8 Å². The van der Waals surface area contributed by atoms with Gasteiger partial charge in [0.2, 0.25) is 0 Å². The maximum atomic E-state index is 11.9. The van der Waals surface area contributed by atoms with E-state index in [0.29, 0.717) is 11.4 Å². The summed E-state index contributed by atoms with van der Waals surface area (Å²) >= 11 is 0. The van der Waals surface area contributed by atoms with E-state index in [-0.39, 0.29) is 12.5 Å². The van der Waals surface area contributed by atoms with Crippen LogP contribution < -0.4 is 5.32 Å². The van der Waals surface area contributed by atoms with Gasteiger partial charge in [-0.25, -0.2) is 4.98 Å². The zero-order valence-corrected chi connectivity index (χ0v) is 10.00. The van der Waals surface area contributed by atoms with Crippen molar-refractivity contribution >= 4 is 11.7 Å². The molecule has 1 aromatic heterocycles. The maximum Gasteiger partial charge on any atom is 0.256 e. The Labute approximate surface area is 110 Å². The van der Waals surface area contributed by atoms with E-state index in [1.807, 2.05) is 0 Å². The van der Waals surface area contributed by atoms with Crippen LogP contribution in [0.5, 0.6) is 0 Å². The van der Waals surface area contributed by atoms with Crippen LogP contribution in [-0.4, -0.2) is 27.6 Å². The largest absolute Gasteiger partial charge is 0.384 e. The molecule has 0 atom stereocenters. The van der Waals surface area contributed by atoms with Crippen molar-refractivity contribution < 1.29 is 9.90 Å². The molecule has 0 aliphatic rings. The molecule has 0 saturated heterocycles. The molecule has 2 rings (SSSR count). The lowest BCUT2D eigenvalue weighted by Crippen LogP contribution is -2.12. The molecular weight excluding hydrogens is 242 g/mol. The van der Waals surface area contributed by atoms with Crippen LogP contribution >= 0.6 is 0 Å². The monoisotopic (exact) mass is 253 g/mol. The first-order valence-electron chi connectivity index (χ1n) is 5.57. The standard InChI is InChI=1S/C14H11N3O2/c18-9-1-2-11-3-5-12(6-4-11)14(19)17-13-10-15-7-8-16-13/h3-8,10,18H,9H2,(H,16,17,19). The number of hydrogen-bond donors (Lipinski definition) is 2. The van der Waals surface area contributed by atoms with Crippen molar-refractivity contribution in [2.45, 2.75) is 0 Å². The van der Waals surface area contributed by atoms with Crippen LogP contribution in [0.1, 0.15) is 15.9 Å². The molecule has 0 saturated carbocycles. The van der Waals surface area contributed by atoms with Crippen molar-refractivity contribution in [2.75, 3.05) is 11.9 Å². The highest BCUT2D eigenvalue weighted by Gasteiger charge is 2.06. The van der Waals surface area contributed by atoms with Gasteiger partial charge in [0, 0.05) is 23.5 Å². The fraction of sp³-hybridized carbons (Fsp3) is 0.0714. The Hall–Kier alpha value is -2.71. The number of anilines is 1.